The van der Waals surface area contributed by atoms with Gasteiger partial charge in [0.2, 0.25) is 0 Å². The first-order valence-corrected chi connectivity index (χ1v) is 5.66. The van der Waals surface area contributed by atoms with E-state index >= 15 is 0 Å². The van der Waals surface area contributed by atoms with Crippen LogP contribution in [0.2, 0.25) is 0 Å². The maximum absolute atomic E-state index is 11.5. The minimum Gasteiger partial charge on any atom is -0.467 e. The van der Waals surface area contributed by atoms with Gasteiger partial charge in [0.25, 0.3) is 11.4 Å². The van der Waals surface area contributed by atoms with Crippen molar-refractivity contribution in [3.05, 3.63) is 38.4 Å². The third-order valence-electron chi connectivity index (χ3n) is 2.54. The molecule has 0 spiro atoms. The molecule has 10 heteroatoms. The predicted molar refractivity (Wildman–Crippen MR) is 71.1 cm³/mol. The Morgan fingerprint density at radius 2 is 1.95 bits per heavy atom. The molecule has 0 bridgehead atoms. The van der Waals surface area contributed by atoms with Crippen molar-refractivity contribution in [1.82, 2.24) is 0 Å². The van der Waals surface area contributed by atoms with E-state index in [0.29, 0.717) is 0 Å². The Kier molecular flexibility index (Phi) is 5.55. The topological polar surface area (TPSA) is 134 Å². The van der Waals surface area contributed by atoms with Gasteiger partial charge in [-0.05, 0) is 6.07 Å². The molecule has 0 saturated heterocycles. The lowest BCUT2D eigenvalue weighted by Gasteiger charge is -2.16. The van der Waals surface area contributed by atoms with E-state index in [2.05, 4.69) is 10.1 Å². The molecule has 0 aliphatic rings. The fourth-order valence-corrected chi connectivity index (χ4v) is 1.57. The van der Waals surface area contributed by atoms with Gasteiger partial charge < -0.3 is 14.8 Å². The number of non-ortho nitro benzene ring substituents is 1. The fraction of sp³-hybridized carbons (Fsp3) is 0.364. The number of carbonyl (C=O) groups is 1. The fourth-order valence-electron chi connectivity index (χ4n) is 1.57. The molecule has 0 unspecified atom stereocenters. The number of benzene rings is 1. The van der Waals surface area contributed by atoms with Crippen molar-refractivity contribution >= 4 is 23.0 Å². The van der Waals surface area contributed by atoms with E-state index in [0.717, 1.165) is 25.3 Å². The third-order valence-corrected chi connectivity index (χ3v) is 2.54. The molecule has 1 aromatic rings. The number of nitro groups is 2. The number of methoxy groups -OCH3 is 2. The highest BCUT2D eigenvalue weighted by Crippen LogP contribution is 2.29. The van der Waals surface area contributed by atoms with Crippen LogP contribution in [-0.4, -0.2) is 42.7 Å². The molecule has 0 aliphatic carbocycles. The van der Waals surface area contributed by atoms with Crippen molar-refractivity contribution in [3.8, 4) is 0 Å². The number of esters is 1. The average molecular weight is 299 g/mol. The molecule has 1 rings (SSSR count). The number of anilines is 1. The van der Waals surface area contributed by atoms with Gasteiger partial charge in [0, 0.05) is 13.2 Å². The number of rotatable bonds is 7. The van der Waals surface area contributed by atoms with Crippen molar-refractivity contribution in [2.24, 2.45) is 0 Å². The minimum atomic E-state index is -0.972. The summed E-state index contributed by atoms with van der Waals surface area (Å²) in [5, 5.41) is 24.2. The van der Waals surface area contributed by atoms with Gasteiger partial charge in [0.1, 0.15) is 11.7 Å². The predicted octanol–water partition coefficient (Wildman–Crippen LogP) is 1.10. The van der Waals surface area contributed by atoms with E-state index in [1.807, 2.05) is 0 Å². The zero-order valence-electron chi connectivity index (χ0n) is 11.3. The van der Waals surface area contributed by atoms with E-state index < -0.39 is 33.2 Å². The van der Waals surface area contributed by atoms with Crippen LogP contribution in [0, 0.1) is 20.2 Å². The molecule has 0 heterocycles. The molecule has 0 aliphatic heterocycles. The Balaban J connectivity index is 3.13. The van der Waals surface area contributed by atoms with Gasteiger partial charge in [-0.3, -0.25) is 20.2 Å². The summed E-state index contributed by atoms with van der Waals surface area (Å²) in [5.74, 6) is -0.676. The summed E-state index contributed by atoms with van der Waals surface area (Å²) in [6, 6.07) is 2.09. The maximum Gasteiger partial charge on any atom is 0.330 e. The lowest BCUT2D eigenvalue weighted by atomic mass is 10.2. The molecule has 0 aromatic heterocycles. The second-order valence-electron chi connectivity index (χ2n) is 3.89. The van der Waals surface area contributed by atoms with E-state index in [1.54, 1.807) is 0 Å². The Morgan fingerprint density at radius 1 is 1.29 bits per heavy atom. The van der Waals surface area contributed by atoms with Crippen LogP contribution in [0.4, 0.5) is 17.1 Å². The molecule has 0 fully saturated rings. The van der Waals surface area contributed by atoms with Crippen LogP contribution >= 0.6 is 0 Å². The minimum absolute atomic E-state index is 0.0435. The zero-order chi connectivity index (χ0) is 16.0. The highest BCUT2D eigenvalue weighted by Gasteiger charge is 2.25. The summed E-state index contributed by atoms with van der Waals surface area (Å²) in [4.78, 5) is 31.6. The monoisotopic (exact) mass is 299 g/mol. The lowest BCUT2D eigenvalue weighted by molar-refractivity contribution is -0.393. The smallest absolute Gasteiger partial charge is 0.330 e. The standard InChI is InChI=1S/C11H13N3O7/c1-20-6-9(11(15)21-2)12-8-4-3-7(13(16)17)5-10(8)14(18)19/h3-5,9,12H,6H2,1-2H3/t9-/m0/s1. The molecule has 1 N–H and O–H groups in total. The summed E-state index contributed by atoms with van der Waals surface area (Å²) in [6.45, 7) is -0.0825. The third kappa shape index (κ3) is 4.11. The highest BCUT2D eigenvalue weighted by molar-refractivity contribution is 5.81. The second kappa shape index (κ2) is 7.14. The first-order chi connectivity index (χ1) is 9.90. The second-order valence-corrected chi connectivity index (χ2v) is 3.89. The van der Waals surface area contributed by atoms with E-state index in [9.17, 15) is 25.0 Å². The van der Waals surface area contributed by atoms with E-state index in [4.69, 9.17) is 4.74 Å². The summed E-state index contributed by atoms with van der Waals surface area (Å²) >= 11 is 0. The molecule has 1 atom stereocenters. The molecule has 0 saturated carbocycles. The number of nitrogens with zero attached hydrogens (tertiary/aromatic N) is 2. The summed E-state index contributed by atoms with van der Waals surface area (Å²) in [5.41, 5.74) is -0.985. The van der Waals surface area contributed by atoms with Gasteiger partial charge >= 0.3 is 5.97 Å². The van der Waals surface area contributed by atoms with Crippen LogP contribution < -0.4 is 5.32 Å². The first kappa shape index (κ1) is 16.3. The summed E-state index contributed by atoms with van der Waals surface area (Å²) in [7, 11) is 2.51. The SMILES string of the molecule is COC[C@H](Nc1ccc([N+](=O)[O-])cc1[N+](=O)[O-])C(=O)OC. The Bertz CT molecular complexity index is 561. The molecule has 114 valence electrons. The number of carbonyl (C=O) groups excluding carboxylic acids is 1. The van der Waals surface area contributed by atoms with E-state index in [1.165, 1.54) is 7.11 Å². The van der Waals surface area contributed by atoms with Crippen LogP contribution in [-0.2, 0) is 14.3 Å². The largest absolute Gasteiger partial charge is 0.467 e. The van der Waals surface area contributed by atoms with Crippen molar-refractivity contribution < 1.29 is 24.1 Å². The summed E-state index contributed by atoms with van der Waals surface area (Å²) < 4.78 is 9.36. The Labute approximate surface area is 119 Å². The molecule has 0 radical (unpaired) electrons. The zero-order valence-corrected chi connectivity index (χ0v) is 11.3. The van der Waals surface area contributed by atoms with Gasteiger partial charge in [0.05, 0.1) is 29.6 Å². The number of ether oxygens (including phenoxy) is 2. The molecule has 10 nitrogen and oxygen atoms in total. The quantitative estimate of drug-likeness (QED) is 0.449. The molecular formula is C11H13N3O7. The van der Waals surface area contributed by atoms with Crippen LogP contribution in [0.3, 0.4) is 0 Å². The first-order valence-electron chi connectivity index (χ1n) is 5.66. The number of nitrogens with one attached hydrogen (secondary N) is 1. The maximum atomic E-state index is 11.5. The van der Waals surface area contributed by atoms with Crippen molar-refractivity contribution in [3.63, 3.8) is 0 Å². The van der Waals surface area contributed by atoms with Gasteiger partial charge in [0.15, 0.2) is 0 Å². The Morgan fingerprint density at radius 3 is 2.43 bits per heavy atom. The highest BCUT2D eigenvalue weighted by atomic mass is 16.6. The summed E-state index contributed by atoms with van der Waals surface area (Å²) in [6.07, 6.45) is 0. The molecule has 0 amide bonds. The normalized spacial score (nSPS) is 11.5. The van der Waals surface area contributed by atoms with Crippen LogP contribution in [0.25, 0.3) is 0 Å². The van der Waals surface area contributed by atoms with Crippen LogP contribution in [0.15, 0.2) is 18.2 Å². The van der Waals surface area contributed by atoms with Gasteiger partial charge in [-0.15, -0.1) is 0 Å². The van der Waals surface area contributed by atoms with Crippen LogP contribution in [0.5, 0.6) is 0 Å². The molecule has 1 aromatic carbocycles. The Hall–Kier alpha value is -2.75. The lowest BCUT2D eigenvalue weighted by Crippen LogP contribution is -2.35. The van der Waals surface area contributed by atoms with E-state index in [-0.39, 0.29) is 12.3 Å². The van der Waals surface area contributed by atoms with Crippen LogP contribution in [0.1, 0.15) is 0 Å². The number of nitro benzene ring substituents is 2. The number of hydrogen-bond donors (Lipinski definition) is 1. The van der Waals surface area contributed by atoms with Gasteiger partial charge in [-0.2, -0.15) is 0 Å². The van der Waals surface area contributed by atoms with Crippen molar-refractivity contribution in [2.45, 2.75) is 6.04 Å². The van der Waals surface area contributed by atoms with Gasteiger partial charge in [-0.1, -0.05) is 0 Å². The van der Waals surface area contributed by atoms with Crippen molar-refractivity contribution in [2.75, 3.05) is 26.1 Å². The van der Waals surface area contributed by atoms with Crippen molar-refractivity contribution in [1.29, 1.82) is 0 Å². The van der Waals surface area contributed by atoms with Gasteiger partial charge in [-0.25, -0.2) is 4.79 Å². The average Bonchev–Trinajstić information content (AvgIpc) is 2.45. The number of hydrogen-bond acceptors (Lipinski definition) is 8. The molecular weight excluding hydrogens is 286 g/mol. The molecule has 21 heavy (non-hydrogen) atoms.